The molecule has 0 aliphatic rings. The fourth-order valence-corrected chi connectivity index (χ4v) is 8.91. The van der Waals surface area contributed by atoms with E-state index in [1.807, 2.05) is 47.1 Å². The Hall–Kier alpha value is -3.31. The first-order chi connectivity index (χ1) is 18.8. The lowest BCUT2D eigenvalue weighted by Gasteiger charge is -2.23. The van der Waals surface area contributed by atoms with Crippen LogP contribution in [0.3, 0.4) is 0 Å². The summed E-state index contributed by atoms with van der Waals surface area (Å²) in [6, 6.07) is 16.0. The first-order valence-electron chi connectivity index (χ1n) is 13.0. The van der Waals surface area contributed by atoms with Gasteiger partial charge in [-0.25, -0.2) is 9.59 Å². The average Bonchev–Trinajstić information content (AvgIpc) is 2.99. The summed E-state index contributed by atoms with van der Waals surface area (Å²) in [4.78, 5) is 45.3. The molecule has 0 amide bonds. The average molecular weight is 563 g/mol. The Bertz CT molecular complexity index is 1040. The van der Waals surface area contributed by atoms with Crippen LogP contribution in [-0.4, -0.2) is 28.1 Å². The van der Waals surface area contributed by atoms with Crippen molar-refractivity contribution in [1.29, 1.82) is 0 Å². The van der Waals surface area contributed by atoms with Crippen molar-refractivity contribution in [2.24, 2.45) is 0 Å². The zero-order valence-corrected chi connectivity index (χ0v) is 24.9. The topological polar surface area (TPSA) is 71.1 Å². The minimum Gasteiger partial charge on any atom is -0.289 e. The lowest BCUT2D eigenvalue weighted by Crippen LogP contribution is -2.43. The number of hydrogen-bond donors (Lipinski definition) is 0. The molecular weight excluding hydrogens is 525 g/mol. The van der Waals surface area contributed by atoms with Gasteiger partial charge in [0.05, 0.1) is 11.1 Å². The molecule has 0 aliphatic carbocycles. The van der Waals surface area contributed by atoms with Gasteiger partial charge < -0.3 is 0 Å². The van der Waals surface area contributed by atoms with E-state index in [2.05, 4.69) is 47.1 Å². The van der Waals surface area contributed by atoms with Gasteiger partial charge in [-0.2, -0.15) is 0 Å². The highest BCUT2D eigenvalue weighted by Gasteiger charge is 2.28. The lowest BCUT2D eigenvalue weighted by molar-refractivity contribution is -0.363. The van der Waals surface area contributed by atoms with E-state index in [1.54, 1.807) is 24.3 Å². The number of hydrogen-bond acceptors (Lipinski definition) is 6. The number of carbonyl (C=O) groups excluding carboxylic acids is 2. The van der Waals surface area contributed by atoms with Crippen LogP contribution in [0.4, 0.5) is 0 Å². The molecule has 8 heteroatoms. The standard InChI is InChI=1S/C31H38O6Si2/c1-8-15-16-29(34-36-30(32)25-17-21-27(22-18-25)38(9-2,10-3)11-4)35-37-31(33)26-19-23-28(24-20-26)39(12-5,13-6)14-7/h9-10,12-13,17-24H,1-3,5-6,8,11,14-16H2,4,7H3. The van der Waals surface area contributed by atoms with E-state index >= 15 is 0 Å². The normalized spacial score (nSPS) is 11.5. The second kappa shape index (κ2) is 15.3. The smallest absolute Gasteiger partial charge is 0.289 e. The van der Waals surface area contributed by atoms with E-state index in [0.29, 0.717) is 24.0 Å². The predicted octanol–water partition coefficient (Wildman–Crippen LogP) is 6.31. The zero-order chi connectivity index (χ0) is 28.9. The van der Waals surface area contributed by atoms with Gasteiger partial charge in [-0.05, 0) is 42.8 Å². The minimum absolute atomic E-state index is 0.167. The highest BCUT2D eigenvalue weighted by Crippen LogP contribution is 2.19. The van der Waals surface area contributed by atoms with Crippen molar-refractivity contribution in [3.05, 3.63) is 122 Å². The molecule has 0 saturated carbocycles. The number of carbonyl (C=O) groups is 2. The monoisotopic (exact) mass is 562 g/mol. The van der Waals surface area contributed by atoms with Crippen molar-refractivity contribution in [3.63, 3.8) is 0 Å². The molecule has 2 aromatic carbocycles. The van der Waals surface area contributed by atoms with E-state index in [1.165, 1.54) is 0 Å². The maximum Gasteiger partial charge on any atom is 0.373 e. The fraction of sp³-hybridized carbons (Fsp3) is 0.226. The Morgan fingerprint density at radius 2 is 1.03 bits per heavy atom. The van der Waals surface area contributed by atoms with E-state index in [9.17, 15) is 9.59 Å². The summed E-state index contributed by atoms with van der Waals surface area (Å²) in [7, 11) is -4.02. The maximum absolute atomic E-state index is 12.6. The fourth-order valence-electron chi connectivity index (χ4n) is 4.09. The molecule has 0 fully saturated rings. The summed E-state index contributed by atoms with van der Waals surface area (Å²) in [5.74, 6) is -1.43. The first-order valence-corrected chi connectivity index (χ1v) is 17.7. The molecule has 6 nitrogen and oxygen atoms in total. The van der Waals surface area contributed by atoms with Gasteiger partial charge in [0.1, 0.15) is 16.1 Å². The molecule has 0 saturated heterocycles. The molecule has 0 unspecified atom stereocenters. The largest absolute Gasteiger partial charge is 0.373 e. The summed E-state index contributed by atoms with van der Waals surface area (Å²) in [6.07, 6.45) is 1.19. The third-order valence-corrected chi connectivity index (χ3v) is 15.1. The van der Waals surface area contributed by atoms with Crippen LogP contribution in [0.5, 0.6) is 0 Å². The Morgan fingerprint density at radius 3 is 1.31 bits per heavy atom. The highest BCUT2D eigenvalue weighted by molar-refractivity contribution is 7.00. The molecule has 0 atom stereocenters. The second-order valence-electron chi connectivity index (χ2n) is 9.00. The molecule has 206 valence electrons. The van der Waals surface area contributed by atoms with Crippen LogP contribution in [0.25, 0.3) is 0 Å². The van der Waals surface area contributed by atoms with Crippen molar-refractivity contribution in [2.75, 3.05) is 0 Å². The zero-order valence-electron chi connectivity index (χ0n) is 22.9. The van der Waals surface area contributed by atoms with Crippen LogP contribution < -0.4 is 10.4 Å². The van der Waals surface area contributed by atoms with Crippen molar-refractivity contribution in [1.82, 2.24) is 0 Å². The van der Waals surface area contributed by atoms with Crippen LogP contribution >= 0.6 is 0 Å². The Labute approximate surface area is 234 Å². The van der Waals surface area contributed by atoms with Crippen LogP contribution in [0.2, 0.25) is 12.1 Å². The molecule has 0 N–H and O–H groups in total. The van der Waals surface area contributed by atoms with Crippen LogP contribution in [0, 0.1) is 13.2 Å². The molecule has 0 aromatic heterocycles. The van der Waals surface area contributed by atoms with Crippen LogP contribution in [0.1, 0.15) is 53.8 Å². The summed E-state index contributed by atoms with van der Waals surface area (Å²) >= 11 is 0. The maximum atomic E-state index is 12.6. The van der Waals surface area contributed by atoms with Crippen molar-refractivity contribution >= 4 is 38.5 Å². The summed E-state index contributed by atoms with van der Waals surface area (Å²) in [5, 5.41) is 2.19. The van der Waals surface area contributed by atoms with Crippen molar-refractivity contribution < 1.29 is 29.1 Å². The van der Waals surface area contributed by atoms with E-state index in [-0.39, 0.29) is 12.7 Å². The Kier molecular flexibility index (Phi) is 12.5. The summed E-state index contributed by atoms with van der Waals surface area (Å²) < 4.78 is 0. The van der Waals surface area contributed by atoms with Gasteiger partial charge >= 0.3 is 18.2 Å². The van der Waals surface area contributed by atoms with Crippen molar-refractivity contribution in [3.8, 4) is 0 Å². The first kappa shape index (κ1) is 31.9. The Balaban J connectivity index is 2.01. The van der Waals surface area contributed by atoms with Crippen LogP contribution in [0.15, 0.2) is 97.6 Å². The van der Waals surface area contributed by atoms with Gasteiger partial charge in [-0.1, -0.05) is 84.6 Å². The molecule has 0 spiro atoms. The number of unbranched alkanes of at least 4 members (excludes halogenated alkanes) is 1. The minimum atomic E-state index is -2.01. The second-order valence-corrected chi connectivity index (χ2v) is 17.4. The van der Waals surface area contributed by atoms with Gasteiger partial charge in [-0.3, -0.25) is 9.78 Å². The van der Waals surface area contributed by atoms with Gasteiger partial charge in [0.25, 0.3) is 0 Å². The molecule has 2 rings (SSSR count). The molecule has 39 heavy (non-hydrogen) atoms. The highest BCUT2D eigenvalue weighted by atomic mass is 28.3. The quantitative estimate of drug-likeness (QED) is 0.128. The molecule has 0 bridgehead atoms. The van der Waals surface area contributed by atoms with Gasteiger partial charge in [-0.15, -0.1) is 36.1 Å². The van der Waals surface area contributed by atoms with E-state index in [4.69, 9.17) is 19.6 Å². The SMILES string of the molecule is [CH2]CCC[C](OOC(=O)c1ccc([Si](C=C)(C=C)CC)cc1)OOC(=O)c1ccc([Si](C=C)(C=C)CC)cc1. The molecule has 0 heterocycles. The Morgan fingerprint density at radius 1 is 0.667 bits per heavy atom. The van der Waals surface area contributed by atoms with Gasteiger partial charge in [0.2, 0.25) is 0 Å². The van der Waals surface area contributed by atoms with E-state index < -0.39 is 28.1 Å². The molecule has 0 aliphatic heterocycles. The molecule has 2 aromatic rings. The summed E-state index contributed by atoms with van der Waals surface area (Å²) in [5.41, 5.74) is 8.47. The van der Waals surface area contributed by atoms with Crippen molar-refractivity contribution in [2.45, 2.75) is 45.2 Å². The number of rotatable bonds is 17. The molecule has 2 radical (unpaired) electrons. The third kappa shape index (κ3) is 7.86. The number of benzene rings is 2. The predicted molar refractivity (Wildman–Crippen MR) is 161 cm³/mol. The third-order valence-electron chi connectivity index (χ3n) is 6.99. The van der Waals surface area contributed by atoms with Gasteiger partial charge in [0, 0.05) is 6.42 Å². The summed E-state index contributed by atoms with van der Waals surface area (Å²) in [6.45, 7) is 23.9. The molecular formula is C31H38O6Si2. The van der Waals surface area contributed by atoms with E-state index in [0.717, 1.165) is 22.5 Å². The lowest BCUT2D eigenvalue weighted by atomic mass is 10.2. The van der Waals surface area contributed by atoms with Crippen LogP contribution in [-0.2, 0) is 19.6 Å². The van der Waals surface area contributed by atoms with Gasteiger partial charge in [0.15, 0.2) is 0 Å².